The Labute approximate surface area is 137 Å². The van der Waals surface area contributed by atoms with Crippen LogP contribution in [0.5, 0.6) is 0 Å². The number of aromatic carboxylic acids is 2. The number of carboxylic acids is 2. The molecule has 1 aromatic heterocycles. The lowest BCUT2D eigenvalue weighted by atomic mass is 9.74. The van der Waals surface area contributed by atoms with Crippen molar-refractivity contribution in [3.63, 3.8) is 0 Å². The quantitative estimate of drug-likeness (QED) is 0.378. The minimum atomic E-state index is -2.42. The van der Waals surface area contributed by atoms with E-state index in [2.05, 4.69) is 0 Å². The van der Waals surface area contributed by atoms with E-state index in [0.29, 0.717) is 12.1 Å². The number of nitrogens with one attached hydrogen (secondary N) is 1. The number of anilines is 1. The summed E-state index contributed by atoms with van der Waals surface area (Å²) in [5.41, 5.74) is -0.338. The first-order valence-corrected chi connectivity index (χ1v) is 6.44. The minimum absolute atomic E-state index is 0.337. The Morgan fingerprint density at radius 3 is 2.04 bits per heavy atom. The number of H-pyrrole nitrogens is 1. The van der Waals surface area contributed by atoms with Gasteiger partial charge >= 0.3 is 19.1 Å². The highest BCUT2D eigenvalue weighted by atomic mass is 19.2. The normalized spacial score (nSPS) is 10.6. The fourth-order valence-electron chi connectivity index (χ4n) is 2.31. The summed E-state index contributed by atoms with van der Waals surface area (Å²) in [6.45, 7) is 0. The molecule has 1 heterocycles. The molecule has 9 nitrogen and oxygen atoms in total. The second-order valence-corrected chi connectivity index (χ2v) is 4.83. The second kappa shape index (κ2) is 6.34. The number of nitrogens with two attached hydrogens (primary N) is 1. The average Bonchev–Trinajstić information content (AvgIpc) is 2.47. The molecule has 0 fully saturated rings. The van der Waals surface area contributed by atoms with Crippen molar-refractivity contribution in [2.24, 2.45) is 0 Å². The fourth-order valence-corrected chi connectivity index (χ4v) is 2.31. The van der Waals surface area contributed by atoms with Crippen molar-refractivity contribution in [1.82, 2.24) is 4.98 Å². The van der Waals surface area contributed by atoms with E-state index in [4.69, 9.17) is 5.73 Å². The van der Waals surface area contributed by atoms with Crippen molar-refractivity contribution in [1.29, 1.82) is 0 Å². The number of hydrogen-bond acceptors (Lipinski definition) is 6. The first-order chi connectivity index (χ1) is 11.6. The maximum absolute atomic E-state index is 13.6. The number of rotatable bonds is 4. The summed E-state index contributed by atoms with van der Waals surface area (Å²) in [6, 6.07) is 0.682. The molecule has 0 aliphatic rings. The Balaban J connectivity index is 3.11. The molecule has 2 aromatic rings. The van der Waals surface area contributed by atoms with E-state index in [1.165, 1.54) is 0 Å². The molecule has 0 saturated heterocycles. The molecule has 0 bridgehead atoms. The lowest BCUT2D eigenvalue weighted by Gasteiger charge is -2.15. The van der Waals surface area contributed by atoms with Crippen LogP contribution in [0.25, 0.3) is 11.1 Å². The summed E-state index contributed by atoms with van der Waals surface area (Å²) in [5, 5.41) is 37.1. The van der Waals surface area contributed by atoms with Gasteiger partial charge < -0.3 is 31.0 Å². The van der Waals surface area contributed by atoms with Crippen LogP contribution < -0.4 is 16.8 Å². The largest absolute Gasteiger partial charge is 0.489 e. The Kier molecular flexibility index (Phi) is 4.59. The van der Waals surface area contributed by atoms with E-state index in [9.17, 15) is 43.4 Å². The number of carboxylic acid groups (broad SMARTS) is 2. The van der Waals surface area contributed by atoms with E-state index in [1.807, 2.05) is 4.98 Å². The third kappa shape index (κ3) is 3.07. The predicted molar refractivity (Wildman–Crippen MR) is 80.6 cm³/mol. The van der Waals surface area contributed by atoms with Crippen molar-refractivity contribution >= 4 is 30.3 Å². The van der Waals surface area contributed by atoms with Crippen LogP contribution in [0.15, 0.2) is 16.9 Å². The summed E-state index contributed by atoms with van der Waals surface area (Å²) >= 11 is 0. The van der Waals surface area contributed by atoms with Gasteiger partial charge in [-0.05, 0) is 23.2 Å². The molecule has 130 valence electrons. The van der Waals surface area contributed by atoms with Gasteiger partial charge in [0, 0.05) is 5.56 Å². The first kappa shape index (κ1) is 18.1. The van der Waals surface area contributed by atoms with E-state index >= 15 is 0 Å². The third-order valence-electron chi connectivity index (χ3n) is 3.31. The van der Waals surface area contributed by atoms with Crippen LogP contribution in [0, 0.1) is 11.6 Å². The molecule has 0 spiro atoms. The summed E-state index contributed by atoms with van der Waals surface area (Å²) in [6.07, 6.45) is 0. The zero-order valence-electron chi connectivity index (χ0n) is 12.1. The van der Waals surface area contributed by atoms with Gasteiger partial charge in [0.25, 0.3) is 5.56 Å². The zero-order valence-corrected chi connectivity index (χ0v) is 12.1. The van der Waals surface area contributed by atoms with Crippen LogP contribution in [-0.4, -0.2) is 44.3 Å². The Morgan fingerprint density at radius 1 is 1.04 bits per heavy atom. The molecule has 0 unspecified atom stereocenters. The van der Waals surface area contributed by atoms with Crippen LogP contribution in [0.4, 0.5) is 14.6 Å². The van der Waals surface area contributed by atoms with Gasteiger partial charge in [0.05, 0.1) is 0 Å². The van der Waals surface area contributed by atoms with Crippen molar-refractivity contribution in [2.45, 2.75) is 0 Å². The summed E-state index contributed by atoms with van der Waals surface area (Å²) in [4.78, 5) is 36.5. The van der Waals surface area contributed by atoms with E-state index in [1.54, 1.807) is 0 Å². The Hall–Kier alpha value is -3.25. The molecule has 0 aliphatic carbocycles. The monoisotopic (exact) mass is 354 g/mol. The van der Waals surface area contributed by atoms with Crippen LogP contribution in [0.3, 0.4) is 0 Å². The molecular weight excluding hydrogens is 345 g/mol. The van der Waals surface area contributed by atoms with Gasteiger partial charge in [-0.3, -0.25) is 4.79 Å². The molecule has 0 atom stereocenters. The topological polar surface area (TPSA) is 174 Å². The maximum atomic E-state index is 13.6. The lowest BCUT2D eigenvalue weighted by molar-refractivity contribution is 0.0695. The zero-order chi connectivity index (χ0) is 19.0. The number of carbonyl (C=O) groups is 2. The number of benzene rings is 1. The van der Waals surface area contributed by atoms with Gasteiger partial charge in [0.1, 0.15) is 16.9 Å². The van der Waals surface area contributed by atoms with Crippen LogP contribution >= 0.6 is 0 Å². The van der Waals surface area contributed by atoms with Crippen LogP contribution in [-0.2, 0) is 0 Å². The SMILES string of the molecule is Nc1[nH]c(=O)c(C(=O)O)c(-c2cc(F)c(F)cc2B(O)O)c1C(=O)O. The standard InChI is InChI=1S/C13H9BF2N2O7/c15-5-1-3(4(14(24)25)2-6(5)16)7-8(12(20)21)10(17)18-11(19)9(7)13(22)23/h1-2,24-25H,(H,20,21)(H,22,23)(H3,17,18,19). The highest BCUT2D eigenvalue weighted by Crippen LogP contribution is 2.29. The highest BCUT2D eigenvalue weighted by molar-refractivity contribution is 6.60. The third-order valence-corrected chi connectivity index (χ3v) is 3.31. The molecule has 0 saturated carbocycles. The van der Waals surface area contributed by atoms with E-state index < -0.39 is 69.8 Å². The Bertz CT molecular complexity index is 958. The summed E-state index contributed by atoms with van der Waals surface area (Å²) in [7, 11) is -2.42. The first-order valence-electron chi connectivity index (χ1n) is 6.44. The summed E-state index contributed by atoms with van der Waals surface area (Å²) < 4.78 is 27.0. The predicted octanol–water partition coefficient (Wildman–Crippen LogP) is -1.02. The molecule has 12 heteroatoms. The van der Waals surface area contributed by atoms with Crippen molar-refractivity contribution in [3.8, 4) is 11.1 Å². The van der Waals surface area contributed by atoms with Gasteiger partial charge in [-0.2, -0.15) is 0 Å². The van der Waals surface area contributed by atoms with Gasteiger partial charge in [0.15, 0.2) is 11.6 Å². The van der Waals surface area contributed by atoms with Gasteiger partial charge in [-0.25, -0.2) is 18.4 Å². The number of halogens is 2. The number of aromatic nitrogens is 1. The number of pyridine rings is 1. The lowest BCUT2D eigenvalue weighted by Crippen LogP contribution is -2.34. The highest BCUT2D eigenvalue weighted by Gasteiger charge is 2.31. The van der Waals surface area contributed by atoms with E-state index in [0.717, 1.165) is 0 Å². The molecule has 7 N–H and O–H groups in total. The number of nitrogen functional groups attached to an aromatic ring is 1. The smallest absolute Gasteiger partial charge is 0.478 e. The van der Waals surface area contributed by atoms with Crippen molar-refractivity contribution in [3.05, 3.63) is 45.2 Å². The molecule has 0 amide bonds. The maximum Gasteiger partial charge on any atom is 0.489 e. The van der Waals surface area contributed by atoms with Crippen molar-refractivity contribution in [2.75, 3.05) is 5.73 Å². The molecule has 0 aliphatic heterocycles. The average molecular weight is 354 g/mol. The van der Waals surface area contributed by atoms with Crippen LogP contribution in [0.1, 0.15) is 20.7 Å². The number of aromatic amines is 1. The fraction of sp³-hybridized carbons (Fsp3) is 0. The molecule has 2 rings (SSSR count). The van der Waals surface area contributed by atoms with E-state index in [-0.39, 0.29) is 0 Å². The van der Waals surface area contributed by atoms with Crippen molar-refractivity contribution < 1.29 is 38.6 Å². The van der Waals surface area contributed by atoms with Gasteiger partial charge in [-0.15, -0.1) is 0 Å². The summed E-state index contributed by atoms with van der Waals surface area (Å²) in [5.74, 6) is -7.46. The molecule has 1 aromatic carbocycles. The van der Waals surface area contributed by atoms with Gasteiger partial charge in [0.2, 0.25) is 0 Å². The Morgan fingerprint density at radius 2 is 1.56 bits per heavy atom. The number of hydrogen-bond donors (Lipinski definition) is 6. The van der Waals surface area contributed by atoms with Crippen LogP contribution in [0.2, 0.25) is 0 Å². The molecular formula is C13H9BF2N2O7. The minimum Gasteiger partial charge on any atom is -0.478 e. The molecule has 25 heavy (non-hydrogen) atoms. The van der Waals surface area contributed by atoms with Gasteiger partial charge in [-0.1, -0.05) is 0 Å². The second-order valence-electron chi connectivity index (χ2n) is 4.83. The molecule has 0 radical (unpaired) electrons.